The quantitative estimate of drug-likeness (QED) is 0.877. The zero-order chi connectivity index (χ0) is 13.1. The zero-order valence-electron chi connectivity index (χ0n) is 10.9. The summed E-state index contributed by atoms with van der Waals surface area (Å²) in [6.45, 7) is 1.43. The number of aliphatic hydroxyl groups excluding tert-OH is 1. The molecule has 19 heavy (non-hydrogen) atoms. The van der Waals surface area contributed by atoms with Gasteiger partial charge in [0.25, 0.3) is 0 Å². The van der Waals surface area contributed by atoms with Gasteiger partial charge in [-0.25, -0.2) is 0 Å². The van der Waals surface area contributed by atoms with Crippen LogP contribution in [0.5, 0.6) is 0 Å². The van der Waals surface area contributed by atoms with Crippen LogP contribution in [-0.4, -0.2) is 11.7 Å². The number of thiophene rings is 1. The first-order valence-corrected chi connectivity index (χ1v) is 7.79. The number of aryl methyl sites for hydroxylation is 2. The molecule has 2 aromatic rings. The molecule has 0 amide bonds. The van der Waals surface area contributed by atoms with Crippen LogP contribution in [0.25, 0.3) is 0 Å². The highest BCUT2D eigenvalue weighted by Crippen LogP contribution is 2.22. The predicted molar refractivity (Wildman–Crippen MR) is 79.5 cm³/mol. The molecule has 0 saturated carbocycles. The van der Waals surface area contributed by atoms with Crippen molar-refractivity contribution in [2.75, 3.05) is 6.54 Å². The molecular weight excluding hydrogens is 254 g/mol. The largest absolute Gasteiger partial charge is 0.387 e. The van der Waals surface area contributed by atoms with Gasteiger partial charge in [-0.3, -0.25) is 0 Å². The van der Waals surface area contributed by atoms with Crippen LogP contribution >= 0.6 is 11.3 Å². The molecule has 1 aliphatic rings. The van der Waals surface area contributed by atoms with Gasteiger partial charge in [0.15, 0.2) is 0 Å². The smallest absolute Gasteiger partial charge is 0.0922 e. The fourth-order valence-electron chi connectivity index (χ4n) is 2.67. The SMILES string of the molecule is OC(CNCc1ccc2c(c1)CCC2)c1ccsc1. The van der Waals surface area contributed by atoms with Gasteiger partial charge < -0.3 is 10.4 Å². The lowest BCUT2D eigenvalue weighted by molar-refractivity contribution is 0.175. The van der Waals surface area contributed by atoms with Crippen molar-refractivity contribution in [1.29, 1.82) is 0 Å². The molecular formula is C16H19NOS. The lowest BCUT2D eigenvalue weighted by Crippen LogP contribution is -2.20. The van der Waals surface area contributed by atoms with Gasteiger partial charge >= 0.3 is 0 Å². The molecule has 0 fully saturated rings. The molecule has 0 bridgehead atoms. The summed E-state index contributed by atoms with van der Waals surface area (Å²) in [5.74, 6) is 0. The Hall–Kier alpha value is -1.16. The molecule has 0 aliphatic heterocycles. The van der Waals surface area contributed by atoms with E-state index in [0.29, 0.717) is 6.54 Å². The third kappa shape index (κ3) is 3.06. The minimum atomic E-state index is -0.402. The van der Waals surface area contributed by atoms with E-state index in [9.17, 15) is 5.11 Å². The summed E-state index contributed by atoms with van der Waals surface area (Å²) >= 11 is 1.62. The number of aliphatic hydroxyl groups is 1. The topological polar surface area (TPSA) is 32.3 Å². The highest BCUT2D eigenvalue weighted by Gasteiger charge is 2.11. The number of fused-ring (bicyclic) bond motifs is 1. The van der Waals surface area contributed by atoms with Crippen LogP contribution in [-0.2, 0) is 19.4 Å². The van der Waals surface area contributed by atoms with E-state index < -0.39 is 6.10 Å². The predicted octanol–water partition coefficient (Wildman–Crippen LogP) is 3.06. The van der Waals surface area contributed by atoms with Crippen LogP contribution in [0.1, 0.15) is 34.8 Å². The molecule has 0 saturated heterocycles. The number of hydrogen-bond acceptors (Lipinski definition) is 3. The Bertz CT molecular complexity index is 536. The standard InChI is InChI=1S/C16H19NOS/c18-16(15-6-7-19-11-15)10-17-9-12-4-5-13-2-1-3-14(13)8-12/h4-8,11,16-18H,1-3,9-10H2. The minimum Gasteiger partial charge on any atom is -0.387 e. The highest BCUT2D eigenvalue weighted by molar-refractivity contribution is 7.07. The van der Waals surface area contributed by atoms with E-state index in [2.05, 4.69) is 23.5 Å². The molecule has 0 radical (unpaired) electrons. The van der Waals surface area contributed by atoms with Crippen LogP contribution < -0.4 is 5.32 Å². The Morgan fingerprint density at radius 1 is 1.21 bits per heavy atom. The lowest BCUT2D eigenvalue weighted by atomic mass is 10.1. The van der Waals surface area contributed by atoms with Crippen molar-refractivity contribution in [2.24, 2.45) is 0 Å². The molecule has 1 atom stereocenters. The molecule has 1 aromatic carbocycles. The molecule has 1 aromatic heterocycles. The Balaban J connectivity index is 1.52. The summed E-state index contributed by atoms with van der Waals surface area (Å²) in [6.07, 6.45) is 3.35. The van der Waals surface area contributed by atoms with Crippen LogP contribution in [0.3, 0.4) is 0 Å². The summed E-state index contributed by atoms with van der Waals surface area (Å²) < 4.78 is 0. The second kappa shape index (κ2) is 5.87. The maximum atomic E-state index is 9.99. The van der Waals surface area contributed by atoms with Gasteiger partial charge in [0, 0.05) is 13.1 Å². The van der Waals surface area contributed by atoms with Crippen molar-refractivity contribution in [3.05, 3.63) is 57.3 Å². The van der Waals surface area contributed by atoms with E-state index in [1.165, 1.54) is 36.0 Å². The van der Waals surface area contributed by atoms with Crippen molar-refractivity contribution >= 4 is 11.3 Å². The van der Waals surface area contributed by atoms with Gasteiger partial charge in [-0.05, 0) is 58.3 Å². The second-order valence-corrected chi connectivity index (χ2v) is 5.94. The third-order valence-corrected chi connectivity index (χ3v) is 4.46. The van der Waals surface area contributed by atoms with Crippen molar-refractivity contribution in [3.63, 3.8) is 0 Å². The fraction of sp³-hybridized carbons (Fsp3) is 0.375. The van der Waals surface area contributed by atoms with Gasteiger partial charge in [0.1, 0.15) is 0 Å². The van der Waals surface area contributed by atoms with Crippen LogP contribution in [0.4, 0.5) is 0 Å². The van der Waals surface area contributed by atoms with Crippen LogP contribution in [0.15, 0.2) is 35.0 Å². The minimum absolute atomic E-state index is 0.402. The first kappa shape index (κ1) is 12.9. The maximum absolute atomic E-state index is 9.99. The van der Waals surface area contributed by atoms with Crippen molar-refractivity contribution in [2.45, 2.75) is 31.9 Å². The number of hydrogen-bond donors (Lipinski definition) is 2. The molecule has 1 heterocycles. The van der Waals surface area contributed by atoms with Gasteiger partial charge in [0.2, 0.25) is 0 Å². The van der Waals surface area contributed by atoms with Crippen LogP contribution in [0.2, 0.25) is 0 Å². The molecule has 3 heteroatoms. The van der Waals surface area contributed by atoms with E-state index in [4.69, 9.17) is 0 Å². The van der Waals surface area contributed by atoms with Crippen molar-refractivity contribution in [1.82, 2.24) is 5.32 Å². The summed E-state index contributed by atoms with van der Waals surface area (Å²) in [5.41, 5.74) is 5.35. The van der Waals surface area contributed by atoms with Crippen molar-refractivity contribution < 1.29 is 5.11 Å². The second-order valence-electron chi connectivity index (χ2n) is 5.16. The van der Waals surface area contributed by atoms with Crippen LogP contribution in [0, 0.1) is 0 Å². The van der Waals surface area contributed by atoms with Gasteiger partial charge in [0.05, 0.1) is 6.10 Å². The van der Waals surface area contributed by atoms with E-state index >= 15 is 0 Å². The average Bonchev–Trinajstić information content (AvgIpc) is 3.09. The lowest BCUT2D eigenvalue weighted by Gasteiger charge is -2.11. The number of rotatable bonds is 5. The van der Waals surface area contributed by atoms with Gasteiger partial charge in [-0.1, -0.05) is 18.2 Å². The summed E-state index contributed by atoms with van der Waals surface area (Å²) in [7, 11) is 0. The zero-order valence-corrected chi connectivity index (χ0v) is 11.7. The molecule has 2 N–H and O–H groups in total. The van der Waals surface area contributed by atoms with E-state index in [-0.39, 0.29) is 0 Å². The number of benzene rings is 1. The average molecular weight is 273 g/mol. The van der Waals surface area contributed by atoms with E-state index in [0.717, 1.165) is 12.1 Å². The Morgan fingerprint density at radius 3 is 2.95 bits per heavy atom. The normalized spacial score (nSPS) is 15.4. The Kier molecular flexibility index (Phi) is 3.97. The van der Waals surface area contributed by atoms with E-state index in [1.807, 2.05) is 16.8 Å². The monoisotopic (exact) mass is 273 g/mol. The molecule has 1 unspecified atom stereocenters. The first-order chi connectivity index (χ1) is 9.33. The van der Waals surface area contributed by atoms with Gasteiger partial charge in [-0.15, -0.1) is 0 Å². The number of nitrogens with one attached hydrogen (secondary N) is 1. The Morgan fingerprint density at radius 2 is 2.11 bits per heavy atom. The van der Waals surface area contributed by atoms with E-state index in [1.54, 1.807) is 11.3 Å². The third-order valence-electron chi connectivity index (χ3n) is 3.76. The first-order valence-electron chi connectivity index (χ1n) is 6.84. The fourth-order valence-corrected chi connectivity index (χ4v) is 3.38. The molecule has 100 valence electrons. The van der Waals surface area contributed by atoms with Crippen molar-refractivity contribution in [3.8, 4) is 0 Å². The Labute approximate surface area is 118 Å². The highest BCUT2D eigenvalue weighted by atomic mass is 32.1. The molecule has 3 rings (SSSR count). The molecule has 0 spiro atoms. The summed E-state index contributed by atoms with van der Waals surface area (Å²) in [6, 6.07) is 8.75. The van der Waals surface area contributed by atoms with Gasteiger partial charge in [-0.2, -0.15) is 11.3 Å². The molecule has 1 aliphatic carbocycles. The molecule has 2 nitrogen and oxygen atoms in total. The summed E-state index contributed by atoms with van der Waals surface area (Å²) in [4.78, 5) is 0. The summed E-state index contributed by atoms with van der Waals surface area (Å²) in [5, 5.41) is 17.3. The maximum Gasteiger partial charge on any atom is 0.0922 e.